The summed E-state index contributed by atoms with van der Waals surface area (Å²) in [5, 5.41) is 2.97. The maximum absolute atomic E-state index is 12.7. The zero-order valence-electron chi connectivity index (χ0n) is 15.2. The molecule has 4 rings (SSSR count). The van der Waals surface area contributed by atoms with Gasteiger partial charge in [0.15, 0.2) is 5.13 Å². The number of rotatable bonds is 4. The van der Waals surface area contributed by atoms with Gasteiger partial charge < -0.3 is 0 Å². The second kappa shape index (κ2) is 8.03. The van der Waals surface area contributed by atoms with Crippen molar-refractivity contribution < 1.29 is 18.0 Å². The highest BCUT2D eigenvalue weighted by molar-refractivity contribution is 7.19. The van der Waals surface area contributed by atoms with Crippen molar-refractivity contribution in [2.75, 3.05) is 5.32 Å². The van der Waals surface area contributed by atoms with Crippen molar-refractivity contribution in [2.24, 2.45) is 0 Å². The van der Waals surface area contributed by atoms with Crippen LogP contribution >= 0.6 is 11.3 Å². The van der Waals surface area contributed by atoms with Gasteiger partial charge in [-0.3, -0.25) is 20.1 Å². The highest BCUT2D eigenvalue weighted by Gasteiger charge is 2.30. The van der Waals surface area contributed by atoms with E-state index in [0.29, 0.717) is 16.5 Å². The first kappa shape index (κ1) is 19.7. The average molecular weight is 426 g/mol. The van der Waals surface area contributed by atoms with E-state index in [1.165, 1.54) is 11.3 Å². The van der Waals surface area contributed by atoms with Gasteiger partial charge in [0.05, 0.1) is 16.1 Å². The number of carbonyl (C=O) groups excluding carboxylic acids is 1. The molecule has 150 valence electrons. The van der Waals surface area contributed by atoms with Gasteiger partial charge in [0, 0.05) is 24.2 Å². The SMILES string of the molecule is O=C(Nc1nc(-c2ccccn2)c(-c2ccncc2)s1)c1ccc(C(F)(F)F)cc1. The number of thiazole rings is 1. The van der Waals surface area contributed by atoms with Gasteiger partial charge in [0.1, 0.15) is 5.69 Å². The number of nitrogens with one attached hydrogen (secondary N) is 1. The zero-order chi connectivity index (χ0) is 21.1. The number of pyridine rings is 2. The minimum Gasteiger partial charge on any atom is -0.298 e. The third kappa shape index (κ3) is 4.20. The molecule has 0 saturated heterocycles. The van der Waals surface area contributed by atoms with E-state index in [9.17, 15) is 18.0 Å². The second-order valence-electron chi connectivity index (χ2n) is 6.18. The van der Waals surface area contributed by atoms with Gasteiger partial charge in [-0.25, -0.2) is 4.98 Å². The average Bonchev–Trinajstić information content (AvgIpc) is 3.18. The Hall–Kier alpha value is -3.59. The quantitative estimate of drug-likeness (QED) is 0.465. The summed E-state index contributed by atoms with van der Waals surface area (Å²) in [7, 11) is 0. The summed E-state index contributed by atoms with van der Waals surface area (Å²) in [6.07, 6.45) is 0.488. The van der Waals surface area contributed by atoms with E-state index in [1.807, 2.05) is 18.2 Å². The molecule has 3 aromatic heterocycles. The topological polar surface area (TPSA) is 67.8 Å². The molecule has 0 aliphatic heterocycles. The number of amides is 1. The predicted octanol–water partition coefficient (Wildman–Crippen LogP) is 5.54. The van der Waals surface area contributed by atoms with E-state index >= 15 is 0 Å². The summed E-state index contributed by atoms with van der Waals surface area (Å²) < 4.78 is 38.2. The van der Waals surface area contributed by atoms with E-state index in [0.717, 1.165) is 34.7 Å². The molecule has 0 aliphatic rings. The van der Waals surface area contributed by atoms with Crippen LogP contribution in [0.25, 0.3) is 21.8 Å². The van der Waals surface area contributed by atoms with Crippen molar-refractivity contribution in [3.05, 3.63) is 84.3 Å². The molecule has 0 atom stereocenters. The smallest absolute Gasteiger partial charge is 0.298 e. The molecule has 0 fully saturated rings. The molecule has 0 bridgehead atoms. The number of benzene rings is 1. The first-order chi connectivity index (χ1) is 14.4. The Morgan fingerprint density at radius 3 is 2.30 bits per heavy atom. The minimum absolute atomic E-state index is 0.100. The van der Waals surface area contributed by atoms with Crippen molar-refractivity contribution in [1.82, 2.24) is 15.0 Å². The molecule has 0 spiro atoms. The van der Waals surface area contributed by atoms with Crippen LogP contribution in [0.2, 0.25) is 0 Å². The first-order valence-corrected chi connectivity index (χ1v) is 9.55. The van der Waals surface area contributed by atoms with Crippen LogP contribution in [-0.2, 0) is 6.18 Å². The molecule has 0 radical (unpaired) electrons. The van der Waals surface area contributed by atoms with Crippen LogP contribution < -0.4 is 5.32 Å². The predicted molar refractivity (Wildman–Crippen MR) is 108 cm³/mol. The standard InChI is InChI=1S/C21H13F3N4OS/c22-21(23,24)15-6-4-14(5-7-15)19(29)28-20-27-17(16-3-1-2-10-26-16)18(30-20)13-8-11-25-12-9-13/h1-12H,(H,27,28,29). The van der Waals surface area contributed by atoms with Crippen molar-refractivity contribution in [3.8, 4) is 21.8 Å². The highest BCUT2D eigenvalue weighted by atomic mass is 32.1. The number of hydrogen-bond donors (Lipinski definition) is 1. The molecule has 0 unspecified atom stereocenters. The molecule has 1 amide bonds. The van der Waals surface area contributed by atoms with Gasteiger partial charge in [-0.2, -0.15) is 13.2 Å². The molecule has 3 heterocycles. The zero-order valence-corrected chi connectivity index (χ0v) is 16.0. The fourth-order valence-electron chi connectivity index (χ4n) is 2.73. The number of aromatic nitrogens is 3. The van der Waals surface area contributed by atoms with Gasteiger partial charge >= 0.3 is 6.18 Å². The number of nitrogens with zero attached hydrogens (tertiary/aromatic N) is 3. The number of hydrogen-bond acceptors (Lipinski definition) is 5. The summed E-state index contributed by atoms with van der Waals surface area (Å²) in [4.78, 5) is 26.1. The Kier molecular flexibility index (Phi) is 5.28. The lowest BCUT2D eigenvalue weighted by Crippen LogP contribution is -2.12. The number of halogens is 3. The second-order valence-corrected chi connectivity index (χ2v) is 7.18. The van der Waals surface area contributed by atoms with E-state index < -0.39 is 17.6 Å². The van der Waals surface area contributed by atoms with Crippen molar-refractivity contribution in [1.29, 1.82) is 0 Å². The Labute approximate surface area is 173 Å². The molecule has 30 heavy (non-hydrogen) atoms. The number of carbonyl (C=O) groups is 1. The van der Waals surface area contributed by atoms with E-state index in [1.54, 1.807) is 30.7 Å². The molecule has 9 heteroatoms. The van der Waals surface area contributed by atoms with Crippen molar-refractivity contribution in [3.63, 3.8) is 0 Å². The molecule has 0 aliphatic carbocycles. The van der Waals surface area contributed by atoms with Gasteiger partial charge in [0.25, 0.3) is 5.91 Å². The maximum atomic E-state index is 12.7. The van der Waals surface area contributed by atoms with Crippen LogP contribution in [0.15, 0.2) is 73.2 Å². The first-order valence-electron chi connectivity index (χ1n) is 8.73. The van der Waals surface area contributed by atoms with Gasteiger partial charge in [-0.05, 0) is 54.1 Å². The molecular weight excluding hydrogens is 413 g/mol. The van der Waals surface area contributed by atoms with Crippen LogP contribution in [0.3, 0.4) is 0 Å². The summed E-state index contributed by atoms with van der Waals surface area (Å²) in [5.74, 6) is -0.550. The summed E-state index contributed by atoms with van der Waals surface area (Å²) >= 11 is 1.25. The fraction of sp³-hybridized carbons (Fsp3) is 0.0476. The van der Waals surface area contributed by atoms with Crippen LogP contribution in [0.1, 0.15) is 15.9 Å². The highest BCUT2D eigenvalue weighted by Crippen LogP contribution is 2.38. The van der Waals surface area contributed by atoms with Crippen LogP contribution in [0, 0.1) is 0 Å². The van der Waals surface area contributed by atoms with Crippen LogP contribution in [0.4, 0.5) is 18.3 Å². The monoisotopic (exact) mass is 426 g/mol. The van der Waals surface area contributed by atoms with E-state index in [-0.39, 0.29) is 5.56 Å². The Balaban J connectivity index is 1.65. The molecule has 4 aromatic rings. The third-order valence-corrected chi connectivity index (χ3v) is 5.19. The van der Waals surface area contributed by atoms with Gasteiger partial charge in [-0.1, -0.05) is 17.4 Å². The lowest BCUT2D eigenvalue weighted by atomic mass is 10.1. The molecular formula is C21H13F3N4OS. The number of anilines is 1. The van der Waals surface area contributed by atoms with E-state index in [4.69, 9.17) is 0 Å². The lowest BCUT2D eigenvalue weighted by Gasteiger charge is -2.07. The summed E-state index contributed by atoms with van der Waals surface area (Å²) in [6, 6.07) is 13.1. The van der Waals surface area contributed by atoms with Crippen molar-refractivity contribution >= 4 is 22.4 Å². The number of alkyl halides is 3. The summed E-state index contributed by atoms with van der Waals surface area (Å²) in [6.45, 7) is 0. The minimum atomic E-state index is -4.46. The fourth-order valence-corrected chi connectivity index (χ4v) is 3.70. The van der Waals surface area contributed by atoms with Crippen LogP contribution in [0.5, 0.6) is 0 Å². The Morgan fingerprint density at radius 1 is 0.933 bits per heavy atom. The van der Waals surface area contributed by atoms with Crippen LogP contribution in [-0.4, -0.2) is 20.9 Å². The third-order valence-electron chi connectivity index (χ3n) is 4.17. The van der Waals surface area contributed by atoms with Gasteiger partial charge in [-0.15, -0.1) is 0 Å². The molecule has 1 N–H and O–H groups in total. The van der Waals surface area contributed by atoms with Crippen molar-refractivity contribution in [2.45, 2.75) is 6.18 Å². The van der Waals surface area contributed by atoms with Gasteiger partial charge in [0.2, 0.25) is 0 Å². The maximum Gasteiger partial charge on any atom is 0.416 e. The summed E-state index contributed by atoms with van der Waals surface area (Å²) in [5.41, 5.74) is 1.37. The lowest BCUT2D eigenvalue weighted by molar-refractivity contribution is -0.137. The normalized spacial score (nSPS) is 11.3. The van der Waals surface area contributed by atoms with E-state index in [2.05, 4.69) is 20.3 Å². The molecule has 0 saturated carbocycles. The largest absolute Gasteiger partial charge is 0.416 e. The molecule has 1 aromatic carbocycles. The Bertz CT molecular complexity index is 1100. The molecule has 5 nitrogen and oxygen atoms in total. The Morgan fingerprint density at radius 2 is 1.67 bits per heavy atom.